The maximum atomic E-state index is 13.4. The van der Waals surface area contributed by atoms with Crippen molar-refractivity contribution in [2.75, 3.05) is 19.8 Å². The Labute approximate surface area is 111 Å². The third-order valence-corrected chi connectivity index (χ3v) is 3.17. The first-order valence-corrected chi connectivity index (χ1v) is 6.25. The molecule has 0 aromatic heterocycles. The van der Waals surface area contributed by atoms with Crippen LogP contribution in [0, 0.1) is 17.6 Å². The lowest BCUT2D eigenvalue weighted by molar-refractivity contribution is -0.124. The topological polar surface area (TPSA) is 35.5 Å². The number of benzene rings is 1. The maximum absolute atomic E-state index is 13.4. The van der Waals surface area contributed by atoms with Gasteiger partial charge in [0.05, 0.1) is 6.61 Å². The molecule has 1 aliphatic rings. The van der Waals surface area contributed by atoms with Crippen LogP contribution in [0.5, 0.6) is 5.75 Å². The summed E-state index contributed by atoms with van der Waals surface area (Å²) in [7, 11) is 0. The molecule has 18 heavy (non-hydrogen) atoms. The standard InChI is InChI=1S/C12H11BrF2O3/c13-8-3-9(14)12(15)11(4-8)18-6-10(16)7-1-2-17-5-7/h3-4,7H,1-2,5-6H2. The normalized spacial score (nSPS) is 18.9. The van der Waals surface area contributed by atoms with E-state index in [0.717, 1.165) is 6.07 Å². The molecule has 1 heterocycles. The Balaban J connectivity index is 1.99. The van der Waals surface area contributed by atoms with Crippen molar-refractivity contribution in [3.63, 3.8) is 0 Å². The minimum absolute atomic E-state index is 0.160. The number of carbonyl (C=O) groups is 1. The van der Waals surface area contributed by atoms with Gasteiger partial charge in [-0.1, -0.05) is 15.9 Å². The van der Waals surface area contributed by atoms with Gasteiger partial charge in [-0.05, 0) is 18.6 Å². The molecule has 1 aliphatic heterocycles. The fourth-order valence-electron chi connectivity index (χ4n) is 1.69. The summed E-state index contributed by atoms with van der Waals surface area (Å²) in [5.41, 5.74) is 0. The van der Waals surface area contributed by atoms with E-state index in [1.54, 1.807) is 0 Å². The molecule has 0 saturated carbocycles. The summed E-state index contributed by atoms with van der Waals surface area (Å²) in [5, 5.41) is 0. The maximum Gasteiger partial charge on any atom is 0.200 e. The SMILES string of the molecule is O=C(COc1cc(Br)cc(F)c1F)C1CCOC1. The molecule has 1 unspecified atom stereocenters. The van der Waals surface area contributed by atoms with Crippen LogP contribution in [0.25, 0.3) is 0 Å². The van der Waals surface area contributed by atoms with Gasteiger partial charge in [-0.15, -0.1) is 0 Å². The van der Waals surface area contributed by atoms with Crippen LogP contribution in [0.4, 0.5) is 8.78 Å². The summed E-state index contributed by atoms with van der Waals surface area (Å²) in [6, 6.07) is 2.28. The average molecular weight is 321 g/mol. The molecule has 98 valence electrons. The Hall–Kier alpha value is -1.01. The summed E-state index contributed by atoms with van der Waals surface area (Å²) < 4.78 is 36.9. The van der Waals surface area contributed by atoms with Gasteiger partial charge in [0.1, 0.15) is 6.61 Å². The van der Waals surface area contributed by atoms with Crippen molar-refractivity contribution in [3.05, 3.63) is 28.2 Å². The number of halogens is 3. The predicted octanol–water partition coefficient (Wildman–Crippen LogP) is 2.71. The second kappa shape index (κ2) is 5.75. The third-order valence-electron chi connectivity index (χ3n) is 2.71. The van der Waals surface area contributed by atoms with Gasteiger partial charge in [0.25, 0.3) is 0 Å². The van der Waals surface area contributed by atoms with Crippen LogP contribution < -0.4 is 4.74 Å². The summed E-state index contributed by atoms with van der Waals surface area (Å²) in [6.45, 7) is 0.647. The van der Waals surface area contributed by atoms with Crippen LogP contribution in [-0.2, 0) is 9.53 Å². The Morgan fingerprint density at radius 2 is 2.28 bits per heavy atom. The fourth-order valence-corrected chi connectivity index (χ4v) is 2.10. The summed E-state index contributed by atoms with van der Waals surface area (Å²) in [6.07, 6.45) is 0.650. The molecule has 1 aromatic rings. The van der Waals surface area contributed by atoms with Gasteiger partial charge in [0, 0.05) is 17.0 Å². The molecule has 1 fully saturated rings. The highest BCUT2D eigenvalue weighted by Gasteiger charge is 2.24. The predicted molar refractivity (Wildman–Crippen MR) is 63.5 cm³/mol. The minimum Gasteiger partial charge on any atom is -0.483 e. The molecule has 0 spiro atoms. The van der Waals surface area contributed by atoms with Crippen LogP contribution in [0.3, 0.4) is 0 Å². The van der Waals surface area contributed by atoms with E-state index < -0.39 is 11.6 Å². The van der Waals surface area contributed by atoms with Gasteiger partial charge in [-0.3, -0.25) is 4.79 Å². The van der Waals surface area contributed by atoms with Crippen LogP contribution in [0.15, 0.2) is 16.6 Å². The van der Waals surface area contributed by atoms with E-state index in [2.05, 4.69) is 15.9 Å². The molecule has 3 nitrogen and oxygen atoms in total. The molecule has 2 rings (SSSR count). The van der Waals surface area contributed by atoms with Crippen LogP contribution in [-0.4, -0.2) is 25.6 Å². The number of hydrogen-bond donors (Lipinski definition) is 0. The number of rotatable bonds is 4. The highest BCUT2D eigenvalue weighted by atomic mass is 79.9. The average Bonchev–Trinajstić information content (AvgIpc) is 2.85. The summed E-state index contributed by atoms with van der Waals surface area (Å²) in [4.78, 5) is 11.7. The lowest BCUT2D eigenvalue weighted by Gasteiger charge is -2.10. The Bertz CT molecular complexity index is 459. The molecule has 0 bridgehead atoms. The first-order valence-electron chi connectivity index (χ1n) is 5.45. The van der Waals surface area contributed by atoms with Crippen molar-refractivity contribution in [2.45, 2.75) is 6.42 Å². The Morgan fingerprint density at radius 3 is 2.94 bits per heavy atom. The monoisotopic (exact) mass is 320 g/mol. The van der Waals surface area contributed by atoms with E-state index >= 15 is 0 Å². The van der Waals surface area contributed by atoms with Gasteiger partial charge >= 0.3 is 0 Å². The van der Waals surface area contributed by atoms with Crippen molar-refractivity contribution < 1.29 is 23.0 Å². The Morgan fingerprint density at radius 1 is 1.50 bits per heavy atom. The number of hydrogen-bond acceptors (Lipinski definition) is 3. The molecule has 0 radical (unpaired) electrons. The van der Waals surface area contributed by atoms with Gasteiger partial charge in [0.2, 0.25) is 5.82 Å². The molecular weight excluding hydrogens is 310 g/mol. The zero-order valence-corrected chi connectivity index (χ0v) is 11.0. The van der Waals surface area contributed by atoms with Crippen LogP contribution >= 0.6 is 15.9 Å². The van der Waals surface area contributed by atoms with E-state index in [9.17, 15) is 13.6 Å². The molecular formula is C12H11BrF2O3. The van der Waals surface area contributed by atoms with E-state index in [1.807, 2.05) is 0 Å². The lowest BCUT2D eigenvalue weighted by Crippen LogP contribution is -2.22. The van der Waals surface area contributed by atoms with Crippen molar-refractivity contribution in [3.8, 4) is 5.75 Å². The highest BCUT2D eigenvalue weighted by molar-refractivity contribution is 9.10. The number of ether oxygens (including phenoxy) is 2. The number of Topliss-reactive ketones (excluding diaryl/α,β-unsaturated/α-hetero) is 1. The molecule has 0 aliphatic carbocycles. The van der Waals surface area contributed by atoms with E-state index in [1.165, 1.54) is 6.07 Å². The Kier molecular flexibility index (Phi) is 4.29. The molecule has 1 aromatic carbocycles. The molecule has 1 atom stereocenters. The van der Waals surface area contributed by atoms with Gasteiger partial charge in [0.15, 0.2) is 17.3 Å². The molecule has 1 saturated heterocycles. The highest BCUT2D eigenvalue weighted by Crippen LogP contribution is 2.25. The van der Waals surface area contributed by atoms with Gasteiger partial charge in [-0.2, -0.15) is 4.39 Å². The lowest BCUT2D eigenvalue weighted by atomic mass is 10.0. The number of ketones is 1. The van der Waals surface area contributed by atoms with Gasteiger partial charge in [-0.25, -0.2) is 4.39 Å². The zero-order valence-electron chi connectivity index (χ0n) is 9.42. The second-order valence-corrected chi connectivity index (χ2v) is 4.93. The number of carbonyl (C=O) groups excluding carboxylic acids is 1. The smallest absolute Gasteiger partial charge is 0.200 e. The second-order valence-electron chi connectivity index (χ2n) is 4.02. The van der Waals surface area contributed by atoms with E-state index in [4.69, 9.17) is 9.47 Å². The summed E-state index contributed by atoms with van der Waals surface area (Å²) >= 11 is 3.03. The largest absolute Gasteiger partial charge is 0.483 e. The van der Waals surface area contributed by atoms with Crippen molar-refractivity contribution in [1.29, 1.82) is 0 Å². The minimum atomic E-state index is -1.09. The van der Waals surface area contributed by atoms with Crippen molar-refractivity contribution >= 4 is 21.7 Å². The molecule has 6 heteroatoms. The third kappa shape index (κ3) is 3.05. The zero-order chi connectivity index (χ0) is 13.1. The quantitative estimate of drug-likeness (QED) is 0.800. The van der Waals surface area contributed by atoms with Crippen molar-refractivity contribution in [2.24, 2.45) is 5.92 Å². The first kappa shape index (κ1) is 13.4. The van der Waals surface area contributed by atoms with E-state index in [0.29, 0.717) is 24.1 Å². The molecule has 0 N–H and O–H groups in total. The molecule has 0 amide bonds. The summed E-state index contributed by atoms with van der Waals surface area (Å²) in [5.74, 6) is -2.74. The van der Waals surface area contributed by atoms with Crippen molar-refractivity contribution in [1.82, 2.24) is 0 Å². The van der Waals surface area contributed by atoms with Gasteiger partial charge < -0.3 is 9.47 Å². The van der Waals surface area contributed by atoms with E-state index in [-0.39, 0.29) is 24.1 Å². The van der Waals surface area contributed by atoms with Crippen LogP contribution in [0.2, 0.25) is 0 Å². The fraction of sp³-hybridized carbons (Fsp3) is 0.417. The van der Waals surface area contributed by atoms with Crippen LogP contribution in [0.1, 0.15) is 6.42 Å². The first-order chi connectivity index (χ1) is 8.58.